The minimum Gasteiger partial charge on any atom is -0.317 e. The number of benzene rings is 1. The topological polar surface area (TPSA) is 430 Å². The number of nitrogens with zero attached hydrogens (tertiary/aromatic N) is 16. The standard InChI is InChI=1S/C23H20N6O2.C19H19N7O2.C19H17N5O2S.C18H17N7O2/c30-22-17-12-26-19-4-3-18(13-1-2-14-10-25-11-15(14)9-13)27-20(19)21(17)29(23(31)28-22)16-5-7-24-8-6-16;1-25-10-11(8-22-25)14-2-3-15-16(23-14)17-13(9-21-15)18(27)24-19(28)26(17)12-4-6-20-7-5-12;25-18-13-9-21-15-2-1-14(11-5-8-27-10-11)22-16(15)17(13)24(19(26)23-18)12-3-6-20-7-4-12;26-17-12-9-20-14-2-1-13(10-7-21-22-8-10)23-15(14)16(12)25(18(27)24-17)11-3-5-19-6-4-11/h1-4,9,11-12,16,24H,5-8,10H2,(H,28,30,31);2-3,8-10,12,20H,4-7H2,1H3,(H,24,27,28);1-2,5,8-10,12,20H,3-4,6-7H2,(H,23,25,26);1-2,7-9,11,19H,3-6H2,(H,21,22)(H,24,26,27). The van der Waals surface area contributed by atoms with E-state index < -0.39 is 39.3 Å². The highest BCUT2D eigenvalue weighted by Gasteiger charge is 2.28. The van der Waals surface area contributed by atoms with Crippen LogP contribution in [0, 0.1) is 0 Å². The fraction of sp³-hybridized carbons (Fsp3) is 0.278. The molecule has 113 heavy (non-hydrogen) atoms. The summed E-state index contributed by atoms with van der Waals surface area (Å²) in [6.07, 6.45) is 21.6. The molecule has 15 aromatic heterocycles. The number of piperidine rings is 4. The first kappa shape index (κ1) is 71.5. The van der Waals surface area contributed by atoms with Gasteiger partial charge >= 0.3 is 22.8 Å². The van der Waals surface area contributed by atoms with E-state index in [1.165, 1.54) is 18.0 Å². The minimum atomic E-state index is -0.440. The molecule has 0 aliphatic carbocycles. The smallest absolute Gasteiger partial charge is 0.317 e. The van der Waals surface area contributed by atoms with Crippen molar-refractivity contribution in [3.63, 3.8) is 0 Å². The summed E-state index contributed by atoms with van der Waals surface area (Å²) < 4.78 is 8.52. The zero-order chi connectivity index (χ0) is 77.0. The van der Waals surface area contributed by atoms with Gasteiger partial charge in [-0.15, -0.1) is 0 Å². The van der Waals surface area contributed by atoms with Crippen LogP contribution in [-0.4, -0.2) is 157 Å². The molecule has 0 unspecified atom stereocenters. The lowest BCUT2D eigenvalue weighted by Crippen LogP contribution is -2.38. The summed E-state index contributed by atoms with van der Waals surface area (Å²) in [5.74, 6) is 0. The van der Waals surface area contributed by atoms with Gasteiger partial charge in [-0.3, -0.25) is 92.1 Å². The molecular formula is C79H73N25O8S. The number of aromatic nitrogens is 20. The number of nitrogens with one attached hydrogen (secondary N) is 9. The maximum absolute atomic E-state index is 12.9. The quantitative estimate of drug-likeness (QED) is 0.0748. The summed E-state index contributed by atoms with van der Waals surface area (Å²) in [6, 6.07) is 23.3. The molecule has 5 aliphatic rings. The van der Waals surface area contributed by atoms with Crippen molar-refractivity contribution in [1.82, 2.24) is 119 Å². The summed E-state index contributed by atoms with van der Waals surface area (Å²) >= 11 is 1.60. The highest BCUT2D eigenvalue weighted by atomic mass is 32.1. The first-order chi connectivity index (χ1) is 55.2. The maximum atomic E-state index is 12.9. The van der Waals surface area contributed by atoms with Crippen molar-refractivity contribution in [2.75, 3.05) is 52.4 Å². The van der Waals surface area contributed by atoms with E-state index in [1.807, 2.05) is 90.9 Å². The number of pyridine rings is 8. The molecule has 0 bridgehead atoms. The first-order valence-electron chi connectivity index (χ1n) is 37.5. The van der Waals surface area contributed by atoms with E-state index in [0.717, 1.165) is 149 Å². The van der Waals surface area contributed by atoms with Gasteiger partial charge in [0.2, 0.25) is 0 Å². The molecule has 21 rings (SSSR count). The van der Waals surface area contributed by atoms with Crippen LogP contribution in [0.2, 0.25) is 0 Å². The van der Waals surface area contributed by atoms with Crippen molar-refractivity contribution in [2.24, 2.45) is 12.0 Å². The number of H-pyrrole nitrogens is 5. The molecule has 0 saturated carbocycles. The summed E-state index contributed by atoms with van der Waals surface area (Å²) in [4.78, 5) is 152. The van der Waals surface area contributed by atoms with Gasteiger partial charge in [0.25, 0.3) is 22.2 Å². The molecule has 33 nitrogen and oxygen atoms in total. The number of hydrogen-bond donors (Lipinski definition) is 9. The van der Waals surface area contributed by atoms with Crippen molar-refractivity contribution in [3.8, 4) is 45.0 Å². The Hall–Kier alpha value is -13.2. The van der Waals surface area contributed by atoms with Crippen LogP contribution in [0.1, 0.15) is 86.7 Å². The Balaban J connectivity index is 0.000000105. The molecule has 0 spiro atoms. The molecule has 16 aromatic rings. The Morgan fingerprint density at radius 3 is 1.12 bits per heavy atom. The van der Waals surface area contributed by atoms with Crippen molar-refractivity contribution < 1.29 is 0 Å². The van der Waals surface area contributed by atoms with Gasteiger partial charge in [0.05, 0.1) is 107 Å². The summed E-state index contributed by atoms with van der Waals surface area (Å²) in [5.41, 5.74) is 12.8. The fourth-order valence-electron chi connectivity index (χ4n) is 16.1. The second kappa shape index (κ2) is 30.3. The molecule has 4 fully saturated rings. The Morgan fingerprint density at radius 1 is 0.398 bits per heavy atom. The zero-order valence-electron chi connectivity index (χ0n) is 60.9. The molecule has 4 saturated heterocycles. The van der Waals surface area contributed by atoms with Crippen LogP contribution in [-0.2, 0) is 13.6 Å². The van der Waals surface area contributed by atoms with E-state index in [0.29, 0.717) is 100.0 Å². The highest BCUT2D eigenvalue weighted by Crippen LogP contribution is 2.34. The van der Waals surface area contributed by atoms with Crippen LogP contribution in [0.15, 0.2) is 176 Å². The largest absolute Gasteiger partial charge is 0.329 e. The van der Waals surface area contributed by atoms with Crippen LogP contribution in [0.25, 0.3) is 133 Å². The normalized spacial score (nSPS) is 15.7. The van der Waals surface area contributed by atoms with Gasteiger partial charge in [-0.1, -0.05) is 12.1 Å². The number of rotatable bonds is 8. The number of aryl methyl sites for hydroxylation is 1. The number of aliphatic imine (C=N–C) groups is 1. The molecule has 20 heterocycles. The number of hydrogen-bond acceptors (Lipinski definition) is 24. The molecular weight excluding hydrogens is 1460 g/mol. The average Bonchev–Trinajstić information content (AvgIpc) is 0.837. The third kappa shape index (κ3) is 13.6. The third-order valence-corrected chi connectivity index (χ3v) is 22.4. The van der Waals surface area contributed by atoms with Gasteiger partial charge in [0, 0.05) is 102 Å². The summed E-state index contributed by atoms with van der Waals surface area (Å²) in [5, 5.41) is 29.7. The number of fused-ring (bicyclic) bond motifs is 13. The van der Waals surface area contributed by atoms with Gasteiger partial charge in [-0.05, 0) is 181 Å². The van der Waals surface area contributed by atoms with Gasteiger partial charge in [-0.2, -0.15) is 21.5 Å². The average molecular weight is 1530 g/mol. The third-order valence-electron chi connectivity index (χ3n) is 21.7. The molecule has 34 heteroatoms. The Morgan fingerprint density at radius 2 is 0.770 bits per heavy atom. The van der Waals surface area contributed by atoms with E-state index in [4.69, 9.17) is 19.9 Å². The molecule has 1 aromatic carbocycles. The van der Waals surface area contributed by atoms with E-state index in [9.17, 15) is 38.4 Å². The molecule has 9 N–H and O–H groups in total. The lowest BCUT2D eigenvalue weighted by Gasteiger charge is -2.26. The lowest BCUT2D eigenvalue weighted by molar-refractivity contribution is 0.365. The predicted octanol–water partition coefficient (Wildman–Crippen LogP) is 6.35. The van der Waals surface area contributed by atoms with Crippen LogP contribution < -0.4 is 66.3 Å². The van der Waals surface area contributed by atoms with Crippen LogP contribution in [0.4, 0.5) is 0 Å². The highest BCUT2D eigenvalue weighted by molar-refractivity contribution is 7.08. The van der Waals surface area contributed by atoms with Gasteiger partial charge in [0.15, 0.2) is 0 Å². The number of thiophene rings is 1. The van der Waals surface area contributed by atoms with E-state index in [2.05, 4.69) is 93.6 Å². The van der Waals surface area contributed by atoms with Crippen LogP contribution in [0.5, 0.6) is 0 Å². The maximum Gasteiger partial charge on any atom is 0.329 e. The molecule has 0 amide bonds. The SMILES string of the molecule is Cn1cc(-c2ccc3ncc4c(=O)[nH]c(=O)n(C5CCNCC5)c4c3n2)cn1.O=c1[nH]c(=O)n(C2CCNCC2)c2c1cnc1ccc(-c3ccc4c(c3)C=NC4)nc12.O=c1[nH]c(=O)n(C2CCNCC2)c2c1cnc1ccc(-c3ccsc3)nc12.O=c1[nH]c(=O)n(C2CCNCC2)c2c1cnc1ccc(-c3cn[nH]c3)nc12. The Bertz CT molecular complexity index is 6780. The van der Waals surface area contributed by atoms with Crippen molar-refractivity contribution in [3.05, 3.63) is 228 Å². The molecule has 0 atom stereocenters. The van der Waals surface area contributed by atoms with Gasteiger partial charge in [-0.25, -0.2) is 39.1 Å². The van der Waals surface area contributed by atoms with Gasteiger partial charge in [0.1, 0.15) is 22.1 Å². The zero-order valence-corrected chi connectivity index (χ0v) is 61.8. The second-order valence-electron chi connectivity index (χ2n) is 28.6. The second-order valence-corrected chi connectivity index (χ2v) is 29.3. The predicted molar refractivity (Wildman–Crippen MR) is 432 cm³/mol. The van der Waals surface area contributed by atoms with E-state index in [1.54, 1.807) is 65.3 Å². The van der Waals surface area contributed by atoms with E-state index >= 15 is 0 Å². The molecule has 5 aliphatic heterocycles. The first-order valence-corrected chi connectivity index (χ1v) is 38.4. The fourth-order valence-corrected chi connectivity index (χ4v) is 16.7. The van der Waals surface area contributed by atoms with Crippen molar-refractivity contribution in [2.45, 2.75) is 82.1 Å². The van der Waals surface area contributed by atoms with Gasteiger partial charge < -0.3 is 21.3 Å². The van der Waals surface area contributed by atoms with Crippen molar-refractivity contribution >= 4 is 105 Å². The lowest BCUT2D eigenvalue weighted by atomic mass is 10.0. The molecule has 0 radical (unpaired) electrons. The monoisotopic (exact) mass is 1530 g/mol. The van der Waals surface area contributed by atoms with Crippen LogP contribution >= 0.6 is 11.3 Å². The summed E-state index contributed by atoms with van der Waals surface area (Å²) in [6.45, 7) is 7.36. The van der Waals surface area contributed by atoms with Crippen LogP contribution in [0.3, 0.4) is 0 Å². The van der Waals surface area contributed by atoms with Crippen molar-refractivity contribution in [1.29, 1.82) is 0 Å². The summed E-state index contributed by atoms with van der Waals surface area (Å²) in [7, 11) is 1.84. The van der Waals surface area contributed by atoms with E-state index in [-0.39, 0.29) is 29.9 Å². The molecule has 568 valence electrons. The Kier molecular flexibility index (Phi) is 19.1. The number of aromatic amines is 5. The Labute approximate surface area is 640 Å². The minimum absolute atomic E-state index is 0.000335.